The van der Waals surface area contributed by atoms with Gasteiger partial charge in [-0.05, 0) is 44.5 Å². The van der Waals surface area contributed by atoms with E-state index >= 15 is 0 Å². The van der Waals surface area contributed by atoms with E-state index in [4.69, 9.17) is 14.9 Å². The van der Waals surface area contributed by atoms with Gasteiger partial charge in [0.25, 0.3) is 0 Å². The Morgan fingerprint density at radius 1 is 1.00 bits per heavy atom. The Morgan fingerprint density at radius 2 is 1.68 bits per heavy atom. The molecule has 4 nitrogen and oxygen atoms in total. The van der Waals surface area contributed by atoms with E-state index in [1.807, 2.05) is 51.1 Å². The van der Waals surface area contributed by atoms with Gasteiger partial charge in [-0.15, -0.1) is 0 Å². The van der Waals surface area contributed by atoms with E-state index in [2.05, 4.69) is 4.98 Å². The molecule has 0 spiro atoms. The maximum Gasteiger partial charge on any atom is 0.398 e. The Balaban J connectivity index is 2.43. The molecule has 0 aliphatic rings. The number of hydrogen-bond acceptors (Lipinski definition) is 4. The Bertz CT molecular complexity index is 696. The van der Waals surface area contributed by atoms with E-state index in [0.717, 1.165) is 26.9 Å². The molecule has 0 atom stereocenters. The molecule has 0 radical (unpaired) electrons. The van der Waals surface area contributed by atoms with Gasteiger partial charge in [0.15, 0.2) is 4.98 Å². The van der Waals surface area contributed by atoms with Crippen molar-refractivity contribution in [1.82, 2.24) is 0 Å². The number of benzene rings is 2. The third kappa shape index (κ3) is 3.71. The minimum Gasteiger partial charge on any atom is -0.494 e. The molecule has 0 aliphatic carbocycles. The summed E-state index contributed by atoms with van der Waals surface area (Å²) in [5.41, 5.74) is 1.57. The second kappa shape index (κ2) is 7.71. The van der Waals surface area contributed by atoms with Crippen molar-refractivity contribution in [3.8, 4) is 11.5 Å². The lowest BCUT2D eigenvalue weighted by Gasteiger charge is -2.14. The third-order valence-electron chi connectivity index (χ3n) is 3.03. The molecular formula is C17H19N2O2S+. The number of diazo groups is 1. The summed E-state index contributed by atoms with van der Waals surface area (Å²) in [6.45, 7) is 7.12. The third-order valence-corrected chi connectivity index (χ3v) is 4.14. The molecule has 0 heterocycles. The number of hydrogen-bond donors (Lipinski definition) is 0. The molecule has 5 heteroatoms. The molecule has 22 heavy (non-hydrogen) atoms. The number of aryl methyl sites for hydroxylation is 1. The molecule has 0 fully saturated rings. The molecule has 0 aliphatic heterocycles. The fourth-order valence-electron chi connectivity index (χ4n) is 2.05. The van der Waals surface area contributed by atoms with Crippen LogP contribution in [-0.4, -0.2) is 13.2 Å². The largest absolute Gasteiger partial charge is 0.494 e. The van der Waals surface area contributed by atoms with Gasteiger partial charge in [0.05, 0.1) is 18.1 Å². The Hall–Kier alpha value is -2.19. The van der Waals surface area contributed by atoms with Crippen LogP contribution in [0, 0.1) is 12.3 Å². The zero-order valence-corrected chi connectivity index (χ0v) is 13.8. The van der Waals surface area contributed by atoms with Crippen LogP contribution in [0.5, 0.6) is 11.5 Å². The van der Waals surface area contributed by atoms with Crippen LogP contribution in [-0.2, 0) is 0 Å². The molecule has 114 valence electrons. The summed E-state index contributed by atoms with van der Waals surface area (Å²) in [6, 6.07) is 11.4. The van der Waals surface area contributed by atoms with Gasteiger partial charge in [-0.25, -0.2) is 0 Å². The Kier molecular flexibility index (Phi) is 5.68. The highest BCUT2D eigenvalue weighted by atomic mass is 32.2. The molecule has 0 unspecified atom stereocenters. The van der Waals surface area contributed by atoms with Gasteiger partial charge in [-0.3, -0.25) is 0 Å². The Morgan fingerprint density at radius 3 is 2.36 bits per heavy atom. The summed E-state index contributed by atoms with van der Waals surface area (Å²) in [4.78, 5) is 5.12. The fraction of sp³-hybridized carbons (Fsp3) is 0.294. The average Bonchev–Trinajstić information content (AvgIpc) is 2.52. The summed E-state index contributed by atoms with van der Waals surface area (Å²) < 4.78 is 11.4. The second-order valence-electron chi connectivity index (χ2n) is 4.60. The van der Waals surface area contributed by atoms with Crippen molar-refractivity contribution in [2.75, 3.05) is 13.2 Å². The lowest BCUT2D eigenvalue weighted by molar-refractivity contribution is 0.322. The van der Waals surface area contributed by atoms with Crippen LogP contribution >= 0.6 is 11.8 Å². The van der Waals surface area contributed by atoms with Crippen molar-refractivity contribution in [2.24, 2.45) is 0 Å². The quantitative estimate of drug-likeness (QED) is 0.667. The van der Waals surface area contributed by atoms with E-state index in [-0.39, 0.29) is 0 Å². The molecule has 0 N–H and O–H groups in total. The molecule has 0 saturated carbocycles. The van der Waals surface area contributed by atoms with Crippen molar-refractivity contribution < 1.29 is 9.47 Å². The predicted molar refractivity (Wildman–Crippen MR) is 88.8 cm³/mol. The standard InChI is InChI=1S/C17H19N2O2S/c1-4-20-14-11-17(15(21-5-2)10-12(14)3)22-16-9-7-6-8-13(16)19-18/h6-11H,4-5H2,1-3H3/q+1. The molecule has 0 amide bonds. The van der Waals surface area contributed by atoms with Gasteiger partial charge < -0.3 is 9.47 Å². The van der Waals surface area contributed by atoms with Gasteiger partial charge in [0.2, 0.25) is 5.39 Å². The molecule has 0 bridgehead atoms. The summed E-state index contributed by atoms with van der Waals surface area (Å²) in [7, 11) is 0. The van der Waals surface area contributed by atoms with Crippen LogP contribution in [0.1, 0.15) is 19.4 Å². The monoisotopic (exact) mass is 315 g/mol. The van der Waals surface area contributed by atoms with E-state index < -0.39 is 0 Å². The fourth-order valence-corrected chi connectivity index (χ4v) is 3.03. The van der Waals surface area contributed by atoms with E-state index in [9.17, 15) is 0 Å². The lowest BCUT2D eigenvalue weighted by atomic mass is 10.2. The first kappa shape index (κ1) is 16.2. The van der Waals surface area contributed by atoms with Crippen molar-refractivity contribution in [1.29, 1.82) is 5.39 Å². The van der Waals surface area contributed by atoms with Crippen LogP contribution in [0.2, 0.25) is 0 Å². The molecule has 2 aromatic rings. The van der Waals surface area contributed by atoms with Crippen LogP contribution in [0.4, 0.5) is 5.69 Å². The summed E-state index contributed by atoms with van der Waals surface area (Å²) in [5, 5.41) is 9.11. The highest BCUT2D eigenvalue weighted by Crippen LogP contribution is 2.42. The summed E-state index contributed by atoms with van der Waals surface area (Å²) in [6.07, 6.45) is 0. The first-order valence-corrected chi connectivity index (χ1v) is 8.03. The summed E-state index contributed by atoms with van der Waals surface area (Å²) >= 11 is 1.50. The van der Waals surface area contributed by atoms with Crippen LogP contribution < -0.4 is 9.47 Å². The van der Waals surface area contributed by atoms with Crippen molar-refractivity contribution in [3.05, 3.63) is 46.9 Å². The van der Waals surface area contributed by atoms with Crippen molar-refractivity contribution >= 4 is 17.4 Å². The van der Waals surface area contributed by atoms with Crippen LogP contribution in [0.3, 0.4) is 0 Å². The zero-order chi connectivity index (χ0) is 15.9. The summed E-state index contributed by atoms with van der Waals surface area (Å²) in [5.74, 6) is 1.65. The Labute approximate surface area is 135 Å². The van der Waals surface area contributed by atoms with Gasteiger partial charge in [0, 0.05) is 6.07 Å². The van der Waals surface area contributed by atoms with Crippen LogP contribution in [0.25, 0.3) is 4.98 Å². The topological polar surface area (TPSA) is 46.6 Å². The smallest absolute Gasteiger partial charge is 0.398 e. The molecular weight excluding hydrogens is 296 g/mol. The van der Waals surface area contributed by atoms with E-state index in [1.54, 1.807) is 6.07 Å². The predicted octanol–water partition coefficient (Wildman–Crippen LogP) is 5.43. The lowest BCUT2D eigenvalue weighted by Crippen LogP contribution is -1.98. The number of nitrogens with zero attached hydrogens (tertiary/aromatic N) is 2. The van der Waals surface area contributed by atoms with E-state index in [0.29, 0.717) is 18.9 Å². The van der Waals surface area contributed by atoms with Gasteiger partial charge in [-0.1, -0.05) is 23.9 Å². The molecule has 0 aromatic heterocycles. The molecule has 2 rings (SSSR count). The normalized spacial score (nSPS) is 10.1. The molecule has 0 saturated heterocycles. The maximum absolute atomic E-state index is 9.11. The SMILES string of the molecule is CCOc1cc(Sc2ccccc2[N+]#N)c(OCC)cc1C. The zero-order valence-electron chi connectivity index (χ0n) is 13.0. The van der Waals surface area contributed by atoms with E-state index in [1.165, 1.54) is 11.8 Å². The maximum atomic E-state index is 9.11. The first-order chi connectivity index (χ1) is 10.7. The average molecular weight is 315 g/mol. The minimum atomic E-state index is 0.536. The first-order valence-electron chi connectivity index (χ1n) is 7.21. The number of ether oxygens (including phenoxy) is 2. The van der Waals surface area contributed by atoms with Gasteiger partial charge in [-0.2, -0.15) is 0 Å². The van der Waals surface area contributed by atoms with Crippen molar-refractivity contribution in [2.45, 2.75) is 30.6 Å². The minimum absolute atomic E-state index is 0.536. The second-order valence-corrected chi connectivity index (χ2v) is 5.68. The van der Waals surface area contributed by atoms with Crippen molar-refractivity contribution in [3.63, 3.8) is 0 Å². The number of rotatable bonds is 6. The van der Waals surface area contributed by atoms with Gasteiger partial charge >= 0.3 is 5.69 Å². The highest BCUT2D eigenvalue weighted by molar-refractivity contribution is 7.99. The van der Waals surface area contributed by atoms with Gasteiger partial charge in [0.1, 0.15) is 16.4 Å². The molecule has 2 aromatic carbocycles. The highest BCUT2D eigenvalue weighted by Gasteiger charge is 2.17. The van der Waals surface area contributed by atoms with Crippen LogP contribution in [0.15, 0.2) is 46.2 Å².